The number of aryl methyl sites for hydroxylation is 3. The number of halogens is 3. The van der Waals surface area contributed by atoms with Crippen molar-refractivity contribution in [3.8, 4) is 22.9 Å². The number of imidazole rings is 2. The first-order valence-corrected chi connectivity index (χ1v) is 20.3. The third kappa shape index (κ3) is 8.61. The average Bonchev–Trinajstić information content (AvgIpc) is 4.10. The van der Waals surface area contributed by atoms with Crippen molar-refractivity contribution in [2.24, 2.45) is 0 Å². The highest BCUT2D eigenvalue weighted by Crippen LogP contribution is 2.34. The zero-order valence-electron chi connectivity index (χ0n) is 34.9. The molecule has 0 saturated heterocycles. The number of nitrogens with zero attached hydrogens (tertiary/aromatic N) is 11. The summed E-state index contributed by atoms with van der Waals surface area (Å²) < 4.78 is 56.4. The van der Waals surface area contributed by atoms with E-state index in [1.54, 1.807) is 52.0 Å². The van der Waals surface area contributed by atoms with E-state index in [1.165, 1.54) is 6.07 Å². The number of anilines is 7. The maximum atomic E-state index is 13.8. The van der Waals surface area contributed by atoms with Crippen LogP contribution in [0.4, 0.5) is 53.8 Å². The van der Waals surface area contributed by atoms with E-state index in [2.05, 4.69) is 51.1 Å². The zero-order valence-corrected chi connectivity index (χ0v) is 34.9. The fourth-order valence-corrected chi connectivity index (χ4v) is 7.24. The summed E-state index contributed by atoms with van der Waals surface area (Å²) in [4.78, 5) is 28.6. The zero-order chi connectivity index (χ0) is 44.7. The molecule has 0 amide bonds. The van der Waals surface area contributed by atoms with Crippen LogP contribution < -0.4 is 20.9 Å². The summed E-state index contributed by atoms with van der Waals surface area (Å²) in [5.74, 6) is 4.17. The fraction of sp³-hybridized carbons (Fsp3) is 0.130. The quantitative estimate of drug-likeness (QED) is 0.0997. The largest absolute Gasteiger partial charge is 0.417 e. The number of nitrogens with one attached hydrogen (secondary N) is 3. The monoisotopic (exact) mass is 874 g/mol. The van der Waals surface area contributed by atoms with Gasteiger partial charge in [-0.3, -0.25) is 0 Å². The molecule has 0 fully saturated rings. The van der Waals surface area contributed by atoms with Gasteiger partial charge in [-0.2, -0.15) is 32.2 Å². The summed E-state index contributed by atoms with van der Waals surface area (Å²) in [6.07, 6.45) is 2.03. The number of benzene rings is 4. The van der Waals surface area contributed by atoms with Crippen LogP contribution in [0.1, 0.15) is 33.9 Å². The summed E-state index contributed by atoms with van der Waals surface area (Å²) in [5.41, 5.74) is 6.47. The van der Waals surface area contributed by atoms with Crippen LogP contribution in [-0.2, 0) is 19.3 Å². The van der Waals surface area contributed by atoms with Crippen molar-refractivity contribution in [3.63, 3.8) is 0 Å². The Balaban J connectivity index is 0.848. The Kier molecular flexibility index (Phi) is 10.3. The fourth-order valence-electron chi connectivity index (χ4n) is 7.24. The van der Waals surface area contributed by atoms with E-state index in [1.807, 2.05) is 92.4 Å². The average molecular weight is 875 g/mol. The van der Waals surface area contributed by atoms with Crippen LogP contribution in [0.3, 0.4) is 0 Å². The molecule has 0 atom stereocenters. The molecular formula is C46H37F3N14O2. The molecule has 65 heavy (non-hydrogen) atoms. The van der Waals surface area contributed by atoms with E-state index in [0.717, 1.165) is 51.6 Å². The molecule has 0 aliphatic rings. The topological polar surface area (TPSA) is 178 Å². The van der Waals surface area contributed by atoms with Gasteiger partial charge >= 0.3 is 6.18 Å². The molecule has 0 spiro atoms. The van der Waals surface area contributed by atoms with E-state index in [-0.39, 0.29) is 6.54 Å². The van der Waals surface area contributed by atoms with Crippen LogP contribution in [-0.4, -0.2) is 49.1 Å². The van der Waals surface area contributed by atoms with E-state index < -0.39 is 11.7 Å². The molecule has 10 rings (SSSR count). The van der Waals surface area contributed by atoms with Gasteiger partial charge in [0.15, 0.2) is 0 Å². The number of hydrogen-bond donors (Lipinski definition) is 3. The van der Waals surface area contributed by atoms with Crippen molar-refractivity contribution in [1.29, 1.82) is 0 Å². The van der Waals surface area contributed by atoms with Gasteiger partial charge in [-0.15, -0.1) is 10.2 Å². The van der Waals surface area contributed by atoms with E-state index in [0.29, 0.717) is 70.4 Å². The second kappa shape index (κ2) is 16.6. The lowest BCUT2D eigenvalue weighted by molar-refractivity contribution is -0.137. The Morgan fingerprint density at radius 1 is 0.631 bits per heavy atom. The predicted octanol–water partition coefficient (Wildman–Crippen LogP) is 10.3. The molecule has 3 N–H and O–H groups in total. The summed E-state index contributed by atoms with van der Waals surface area (Å²) in [7, 11) is 0. The van der Waals surface area contributed by atoms with Crippen LogP contribution in [0.25, 0.3) is 34.3 Å². The molecule has 0 saturated carbocycles. The van der Waals surface area contributed by atoms with Crippen LogP contribution in [0.2, 0.25) is 0 Å². The lowest BCUT2D eigenvalue weighted by Crippen LogP contribution is -2.20. The molecule has 324 valence electrons. The van der Waals surface area contributed by atoms with Crippen molar-refractivity contribution in [3.05, 3.63) is 162 Å². The minimum Gasteiger partial charge on any atom is -0.417 e. The molecule has 0 radical (unpaired) electrons. The molecule has 4 aromatic carbocycles. The lowest BCUT2D eigenvalue weighted by atomic mass is 10.1. The number of alkyl halides is 3. The number of aromatic nitrogens is 10. The van der Waals surface area contributed by atoms with Crippen molar-refractivity contribution in [2.45, 2.75) is 40.0 Å². The maximum absolute atomic E-state index is 13.8. The van der Waals surface area contributed by atoms with Crippen LogP contribution in [0.5, 0.6) is 0 Å². The van der Waals surface area contributed by atoms with E-state index in [9.17, 15) is 13.2 Å². The summed E-state index contributed by atoms with van der Waals surface area (Å²) >= 11 is 0. The van der Waals surface area contributed by atoms with Crippen LogP contribution >= 0.6 is 0 Å². The second-order valence-electron chi connectivity index (χ2n) is 15.1. The highest BCUT2D eigenvalue weighted by atomic mass is 19.4. The van der Waals surface area contributed by atoms with Gasteiger partial charge in [0, 0.05) is 53.7 Å². The standard InChI is InChI=1S/C46H37F3N14O2/c1-27-21-30(23-54-38-17-19-50-44(57-38)55-35-12-8-32(9-13-35)42-59-62-28(2)52-24-40(62)64-42)7-16-37(27)61(26-31-5-4-6-34(22-31)46(47,48)49)39-18-20-51-45(58-39)56-36-14-10-33(11-15-36)43-60-63-29(3)53-25-41(63)65-43/h4-22,24-25H,23,26H2,1-3H3,(H,51,56,58)(H2,50,54,55,57). The van der Waals surface area contributed by atoms with Gasteiger partial charge in [-0.1, -0.05) is 24.3 Å². The van der Waals surface area contributed by atoms with E-state index >= 15 is 0 Å². The first-order valence-electron chi connectivity index (χ1n) is 20.3. The minimum absolute atomic E-state index is 0.0983. The molecular weight excluding hydrogens is 838 g/mol. The van der Waals surface area contributed by atoms with Crippen LogP contribution in [0, 0.1) is 20.8 Å². The molecule has 6 aromatic heterocycles. The van der Waals surface area contributed by atoms with Crippen molar-refractivity contribution >= 4 is 52.0 Å². The first-order chi connectivity index (χ1) is 31.5. The molecule has 16 nitrogen and oxygen atoms in total. The third-order valence-electron chi connectivity index (χ3n) is 10.5. The summed E-state index contributed by atoms with van der Waals surface area (Å²) in [6, 6.07) is 29.7. The van der Waals surface area contributed by atoms with Crippen molar-refractivity contribution in [2.75, 3.05) is 20.9 Å². The molecule has 10 aromatic rings. The molecule has 0 aliphatic carbocycles. The van der Waals surface area contributed by atoms with Gasteiger partial charge < -0.3 is 29.7 Å². The number of fused-ring (bicyclic) bond motifs is 2. The van der Waals surface area contributed by atoms with Gasteiger partial charge in [0.05, 0.1) is 18.0 Å². The Morgan fingerprint density at radius 3 is 1.82 bits per heavy atom. The summed E-state index contributed by atoms with van der Waals surface area (Å²) in [5, 5.41) is 18.8. The third-order valence-corrected chi connectivity index (χ3v) is 10.5. The van der Waals surface area contributed by atoms with Gasteiger partial charge in [0.2, 0.25) is 35.1 Å². The number of hydrogen-bond acceptors (Lipinski definition) is 14. The highest BCUT2D eigenvalue weighted by molar-refractivity contribution is 5.68. The molecule has 19 heteroatoms. The van der Waals surface area contributed by atoms with Gasteiger partial charge in [0.25, 0.3) is 0 Å². The van der Waals surface area contributed by atoms with Crippen molar-refractivity contribution < 1.29 is 22.0 Å². The van der Waals surface area contributed by atoms with Gasteiger partial charge in [-0.05, 0) is 116 Å². The Labute approximate surface area is 367 Å². The highest BCUT2D eigenvalue weighted by Gasteiger charge is 2.30. The summed E-state index contributed by atoms with van der Waals surface area (Å²) in [6.45, 7) is 6.18. The smallest absolute Gasteiger partial charge is 0.416 e. The maximum Gasteiger partial charge on any atom is 0.416 e. The molecule has 0 aliphatic heterocycles. The van der Waals surface area contributed by atoms with Gasteiger partial charge in [0.1, 0.15) is 23.3 Å². The molecule has 0 unspecified atom stereocenters. The molecule has 6 heterocycles. The number of rotatable bonds is 13. The normalized spacial score (nSPS) is 11.7. The minimum atomic E-state index is -4.50. The Bertz CT molecular complexity index is 3300. The SMILES string of the molecule is Cc1cc(CNc2ccnc(Nc3ccc(-c4nn5c(C)ncc5o4)cc3)n2)ccc1N(Cc1cccc(C(F)(F)F)c1)c1ccnc(Nc2ccc(-c3nn4c(C)ncc4o3)cc2)n1. The lowest BCUT2D eigenvalue weighted by Gasteiger charge is -2.27. The van der Waals surface area contributed by atoms with E-state index in [4.69, 9.17) is 13.8 Å². The predicted molar refractivity (Wildman–Crippen MR) is 237 cm³/mol. The van der Waals surface area contributed by atoms with Gasteiger partial charge in [-0.25, -0.2) is 19.9 Å². The Hall–Kier alpha value is -8.61. The second-order valence-corrected chi connectivity index (χ2v) is 15.1. The Morgan fingerprint density at radius 2 is 1.23 bits per heavy atom. The molecule has 0 bridgehead atoms. The van der Waals surface area contributed by atoms with Crippen molar-refractivity contribution in [1.82, 2.24) is 49.1 Å². The first kappa shape index (κ1) is 40.5. The van der Waals surface area contributed by atoms with Crippen LogP contribution in [0.15, 0.2) is 137 Å².